The normalized spacial score (nSPS) is 25.6. The fourth-order valence-electron chi connectivity index (χ4n) is 4.81. The van der Waals surface area contributed by atoms with Gasteiger partial charge in [-0.25, -0.2) is 0 Å². The molecule has 0 aliphatic carbocycles. The Morgan fingerprint density at radius 3 is 2.63 bits per heavy atom. The number of carbonyl (C=O) groups excluding carboxylic acids is 2. The molecular formula is C21H31N3O3. The maximum atomic E-state index is 13.1. The molecule has 2 atom stereocenters. The van der Waals surface area contributed by atoms with Gasteiger partial charge in [-0.15, -0.1) is 0 Å². The predicted molar refractivity (Wildman–Crippen MR) is 105 cm³/mol. The monoisotopic (exact) mass is 373 g/mol. The van der Waals surface area contributed by atoms with Gasteiger partial charge in [0, 0.05) is 38.8 Å². The minimum Gasteiger partial charge on any atom is -0.497 e. The van der Waals surface area contributed by atoms with Gasteiger partial charge in [0.25, 0.3) is 5.91 Å². The zero-order chi connectivity index (χ0) is 19.6. The smallest absolute Gasteiger partial charge is 0.253 e. The summed E-state index contributed by atoms with van der Waals surface area (Å²) in [6, 6.07) is 7.51. The van der Waals surface area contributed by atoms with E-state index >= 15 is 0 Å². The number of amides is 2. The summed E-state index contributed by atoms with van der Waals surface area (Å²) in [6.07, 6.45) is 2.44. The average molecular weight is 373 g/mol. The van der Waals surface area contributed by atoms with Crippen LogP contribution in [0.4, 0.5) is 0 Å². The molecule has 3 rings (SSSR count). The quantitative estimate of drug-likeness (QED) is 0.811. The summed E-state index contributed by atoms with van der Waals surface area (Å²) in [6.45, 7) is 5.35. The molecule has 148 valence electrons. The molecule has 0 radical (unpaired) electrons. The second-order valence-corrected chi connectivity index (χ2v) is 7.81. The third-order valence-corrected chi connectivity index (χ3v) is 6.27. The van der Waals surface area contributed by atoms with Gasteiger partial charge >= 0.3 is 0 Å². The second-order valence-electron chi connectivity index (χ2n) is 7.81. The van der Waals surface area contributed by atoms with Gasteiger partial charge in [-0.1, -0.05) is 13.0 Å². The lowest BCUT2D eigenvalue weighted by molar-refractivity contribution is -0.141. The van der Waals surface area contributed by atoms with E-state index in [0.29, 0.717) is 24.4 Å². The lowest BCUT2D eigenvalue weighted by atomic mass is 9.75. The first-order chi connectivity index (χ1) is 12.9. The fourth-order valence-corrected chi connectivity index (χ4v) is 4.81. The number of methoxy groups -OCH3 is 1. The lowest BCUT2D eigenvalue weighted by Gasteiger charge is -2.37. The number of hydrogen-bond donors (Lipinski definition) is 0. The van der Waals surface area contributed by atoms with Crippen molar-refractivity contribution in [3.63, 3.8) is 0 Å². The van der Waals surface area contributed by atoms with E-state index in [-0.39, 0.29) is 23.3 Å². The summed E-state index contributed by atoms with van der Waals surface area (Å²) in [5.41, 5.74) is 0.268. The Morgan fingerprint density at radius 2 is 1.96 bits per heavy atom. The van der Waals surface area contributed by atoms with Crippen LogP contribution < -0.4 is 4.74 Å². The Morgan fingerprint density at radius 1 is 1.22 bits per heavy atom. The number of hydrogen-bond acceptors (Lipinski definition) is 4. The topological polar surface area (TPSA) is 53.1 Å². The summed E-state index contributed by atoms with van der Waals surface area (Å²) in [5.74, 6) is 0.910. The van der Waals surface area contributed by atoms with Crippen LogP contribution in [-0.4, -0.2) is 79.9 Å². The minimum absolute atomic E-state index is 0.0179. The van der Waals surface area contributed by atoms with Crippen molar-refractivity contribution in [2.45, 2.75) is 32.2 Å². The van der Waals surface area contributed by atoms with Gasteiger partial charge in [-0.3, -0.25) is 14.5 Å². The SMILES string of the molecule is CCN1CC[C@]2(C(=O)N(C)C)CCN(C(=O)c3cccc(OC)c3)CC[C@H]12. The number of ether oxygens (including phenoxy) is 1. The summed E-state index contributed by atoms with van der Waals surface area (Å²) in [7, 11) is 5.28. The van der Waals surface area contributed by atoms with Crippen molar-refractivity contribution in [2.75, 3.05) is 47.4 Å². The van der Waals surface area contributed by atoms with E-state index in [1.54, 1.807) is 18.1 Å². The Hall–Kier alpha value is -2.08. The van der Waals surface area contributed by atoms with Crippen molar-refractivity contribution < 1.29 is 14.3 Å². The van der Waals surface area contributed by atoms with E-state index in [4.69, 9.17) is 4.74 Å². The highest BCUT2D eigenvalue weighted by atomic mass is 16.5. The molecular weight excluding hydrogens is 342 g/mol. The summed E-state index contributed by atoms with van der Waals surface area (Å²) in [4.78, 5) is 32.2. The van der Waals surface area contributed by atoms with Gasteiger partial charge in [0.1, 0.15) is 5.75 Å². The van der Waals surface area contributed by atoms with Crippen molar-refractivity contribution in [1.29, 1.82) is 0 Å². The lowest BCUT2D eigenvalue weighted by Crippen LogP contribution is -2.49. The first-order valence-corrected chi connectivity index (χ1v) is 9.82. The number of rotatable bonds is 4. The number of carbonyl (C=O) groups is 2. The molecule has 0 aromatic heterocycles. The molecule has 2 heterocycles. The molecule has 2 aliphatic heterocycles. The molecule has 2 amide bonds. The fraction of sp³-hybridized carbons (Fsp3) is 0.619. The molecule has 0 saturated carbocycles. The molecule has 6 heteroatoms. The molecule has 2 fully saturated rings. The van der Waals surface area contributed by atoms with E-state index in [9.17, 15) is 9.59 Å². The molecule has 27 heavy (non-hydrogen) atoms. The van der Waals surface area contributed by atoms with Crippen LogP contribution in [0.3, 0.4) is 0 Å². The van der Waals surface area contributed by atoms with Crippen LogP contribution in [0.25, 0.3) is 0 Å². The highest BCUT2D eigenvalue weighted by Crippen LogP contribution is 2.44. The molecule has 0 N–H and O–H groups in total. The molecule has 0 bridgehead atoms. The van der Waals surface area contributed by atoms with Crippen molar-refractivity contribution in [3.8, 4) is 5.75 Å². The number of fused-ring (bicyclic) bond motifs is 1. The standard InChI is InChI=1S/C21H31N3O3/c1-5-23-13-10-21(20(26)22(2)3)11-14-24(12-9-18(21)23)19(25)16-7-6-8-17(15-16)27-4/h6-8,15,18H,5,9-14H2,1-4H3/t18-,21-/m0/s1. The van der Waals surface area contributed by atoms with Crippen molar-refractivity contribution in [3.05, 3.63) is 29.8 Å². The van der Waals surface area contributed by atoms with Crippen molar-refractivity contribution >= 4 is 11.8 Å². The second kappa shape index (κ2) is 7.89. The van der Waals surface area contributed by atoms with Gasteiger partial charge in [-0.05, 0) is 50.6 Å². The summed E-state index contributed by atoms with van der Waals surface area (Å²) in [5, 5.41) is 0. The molecule has 1 aromatic carbocycles. The van der Waals surface area contributed by atoms with Crippen LogP contribution in [0.5, 0.6) is 5.75 Å². The van der Waals surface area contributed by atoms with Gasteiger partial charge in [0.2, 0.25) is 5.91 Å². The maximum absolute atomic E-state index is 13.1. The molecule has 2 aliphatic rings. The van der Waals surface area contributed by atoms with Crippen LogP contribution in [-0.2, 0) is 4.79 Å². The maximum Gasteiger partial charge on any atom is 0.253 e. The van der Waals surface area contributed by atoms with Gasteiger partial charge in [-0.2, -0.15) is 0 Å². The van der Waals surface area contributed by atoms with E-state index < -0.39 is 0 Å². The molecule has 0 spiro atoms. The van der Waals surface area contributed by atoms with Crippen molar-refractivity contribution in [1.82, 2.24) is 14.7 Å². The van der Waals surface area contributed by atoms with Gasteiger partial charge in [0.05, 0.1) is 12.5 Å². The number of nitrogens with zero attached hydrogens (tertiary/aromatic N) is 3. The summed E-state index contributed by atoms with van der Waals surface area (Å²) >= 11 is 0. The number of likely N-dealkylation sites (tertiary alicyclic amines) is 2. The zero-order valence-electron chi connectivity index (χ0n) is 16.9. The third-order valence-electron chi connectivity index (χ3n) is 6.27. The predicted octanol–water partition coefficient (Wildman–Crippen LogP) is 2.10. The van der Waals surface area contributed by atoms with E-state index in [1.165, 1.54) is 0 Å². The van der Waals surface area contributed by atoms with Crippen molar-refractivity contribution in [2.24, 2.45) is 5.41 Å². The van der Waals surface area contributed by atoms with Gasteiger partial charge < -0.3 is 14.5 Å². The summed E-state index contributed by atoms with van der Waals surface area (Å²) < 4.78 is 5.25. The average Bonchev–Trinajstić information content (AvgIpc) is 2.94. The molecule has 1 aromatic rings. The first-order valence-electron chi connectivity index (χ1n) is 9.82. The molecule has 0 unspecified atom stereocenters. The van der Waals surface area contributed by atoms with Crippen LogP contribution in [0.2, 0.25) is 0 Å². The molecule has 6 nitrogen and oxygen atoms in total. The Bertz CT molecular complexity index is 706. The van der Waals surface area contributed by atoms with Crippen LogP contribution in [0.1, 0.15) is 36.5 Å². The Kier molecular flexibility index (Phi) is 5.75. The van der Waals surface area contributed by atoms with E-state index in [0.717, 1.165) is 32.4 Å². The minimum atomic E-state index is -0.372. The Labute approximate surface area is 162 Å². The Balaban J connectivity index is 1.84. The highest BCUT2D eigenvalue weighted by Gasteiger charge is 2.53. The number of benzene rings is 1. The van der Waals surface area contributed by atoms with E-state index in [1.807, 2.05) is 37.2 Å². The largest absolute Gasteiger partial charge is 0.497 e. The van der Waals surface area contributed by atoms with Crippen LogP contribution in [0.15, 0.2) is 24.3 Å². The zero-order valence-corrected chi connectivity index (χ0v) is 16.9. The van der Waals surface area contributed by atoms with Crippen LogP contribution in [0, 0.1) is 5.41 Å². The third kappa shape index (κ3) is 3.55. The molecule has 2 saturated heterocycles. The van der Waals surface area contributed by atoms with Gasteiger partial charge in [0.15, 0.2) is 0 Å². The highest BCUT2D eigenvalue weighted by molar-refractivity contribution is 5.94. The first kappa shape index (κ1) is 19.7. The van der Waals surface area contributed by atoms with E-state index in [2.05, 4.69) is 11.8 Å². The van der Waals surface area contributed by atoms with Crippen LogP contribution >= 0.6 is 0 Å².